The molecule has 0 unspecified atom stereocenters. The van der Waals surface area contributed by atoms with E-state index in [1.807, 2.05) is 18.2 Å². The maximum atomic E-state index is 13.2. The smallest absolute Gasteiger partial charge is 0.184 e. The van der Waals surface area contributed by atoms with E-state index in [1.165, 1.54) is 18.4 Å². The fourth-order valence-corrected chi connectivity index (χ4v) is 4.39. The molecule has 0 saturated heterocycles. The van der Waals surface area contributed by atoms with Gasteiger partial charge >= 0.3 is 0 Å². The molecule has 0 spiro atoms. The topological polar surface area (TPSA) is 56.0 Å². The summed E-state index contributed by atoms with van der Waals surface area (Å²) in [7, 11) is 0. The number of hydrogen-bond donors (Lipinski definition) is 1. The van der Waals surface area contributed by atoms with Crippen molar-refractivity contribution in [2.75, 3.05) is 0 Å². The van der Waals surface area contributed by atoms with Gasteiger partial charge in [-0.15, -0.1) is 0 Å². The Morgan fingerprint density at radius 2 is 1.77 bits per heavy atom. The molecule has 1 heterocycles. The van der Waals surface area contributed by atoms with Gasteiger partial charge in [-0.1, -0.05) is 29.8 Å². The number of Topliss-reactive ketones (excluding diaryl/α,β-unsaturated/α-hetero) is 1. The number of pyridine rings is 1. The number of ketones is 1. The summed E-state index contributed by atoms with van der Waals surface area (Å²) in [5.74, 6) is 1.34. The van der Waals surface area contributed by atoms with Gasteiger partial charge in [0.05, 0.1) is 5.69 Å². The predicted octanol–water partition coefficient (Wildman–Crippen LogP) is 5.23. The molecule has 2 aliphatic carbocycles. The van der Waals surface area contributed by atoms with E-state index in [0.717, 1.165) is 42.0 Å². The summed E-state index contributed by atoms with van der Waals surface area (Å²) in [5.41, 5.74) is 9.70. The van der Waals surface area contributed by atoms with Crippen LogP contribution in [-0.4, -0.2) is 10.8 Å². The molecule has 0 amide bonds. The van der Waals surface area contributed by atoms with E-state index in [-0.39, 0.29) is 11.7 Å². The Hall–Kier alpha value is -1.71. The van der Waals surface area contributed by atoms with Crippen LogP contribution in [0.2, 0.25) is 5.02 Å². The van der Waals surface area contributed by atoms with Crippen LogP contribution in [0.4, 0.5) is 0 Å². The van der Waals surface area contributed by atoms with Crippen molar-refractivity contribution in [3.63, 3.8) is 0 Å². The minimum absolute atomic E-state index is 0.0865. The summed E-state index contributed by atoms with van der Waals surface area (Å²) in [6, 6.07) is 12.2. The number of rotatable bonds is 5. The van der Waals surface area contributed by atoms with Crippen LogP contribution in [0.5, 0.6) is 0 Å². The van der Waals surface area contributed by atoms with E-state index in [1.54, 1.807) is 0 Å². The molecule has 1 aromatic heterocycles. The number of carbonyl (C=O) groups is 1. The molecule has 4 rings (SSSR count). The SMILES string of the molecule is NCc1ccc(C2CC2)c(C(=O)C2CCC(c3cccc(Cl)c3)CC2)n1. The van der Waals surface area contributed by atoms with Gasteiger partial charge in [0.15, 0.2) is 5.78 Å². The fraction of sp³-hybridized carbons (Fsp3) is 0.455. The molecule has 2 saturated carbocycles. The van der Waals surface area contributed by atoms with Gasteiger partial charge < -0.3 is 5.73 Å². The van der Waals surface area contributed by atoms with Crippen molar-refractivity contribution < 1.29 is 4.79 Å². The van der Waals surface area contributed by atoms with Crippen LogP contribution >= 0.6 is 11.6 Å². The Morgan fingerprint density at radius 1 is 1.04 bits per heavy atom. The third kappa shape index (κ3) is 3.70. The Kier molecular flexibility index (Phi) is 5.10. The van der Waals surface area contributed by atoms with Crippen molar-refractivity contribution in [1.29, 1.82) is 0 Å². The molecule has 0 radical (unpaired) electrons. The zero-order valence-electron chi connectivity index (χ0n) is 15.0. The highest BCUT2D eigenvalue weighted by Crippen LogP contribution is 2.43. The zero-order valence-corrected chi connectivity index (χ0v) is 15.7. The van der Waals surface area contributed by atoms with Crippen molar-refractivity contribution in [3.05, 3.63) is 63.9 Å². The summed E-state index contributed by atoms with van der Waals surface area (Å²) in [6.07, 6.45) is 6.26. The van der Waals surface area contributed by atoms with Gasteiger partial charge in [0, 0.05) is 17.5 Å². The summed E-state index contributed by atoms with van der Waals surface area (Å²) in [5, 5.41) is 0.789. The van der Waals surface area contributed by atoms with Crippen molar-refractivity contribution in [3.8, 4) is 0 Å². The standard InChI is InChI=1S/C22H25ClN2O/c23-18-3-1-2-17(12-18)14-4-8-16(9-5-14)22(26)21-20(15-6-7-15)11-10-19(13-24)25-21/h1-3,10-12,14-16H,4-9,13,24H2. The Balaban J connectivity index is 1.48. The highest BCUT2D eigenvalue weighted by molar-refractivity contribution is 6.30. The van der Waals surface area contributed by atoms with Crippen LogP contribution in [0.25, 0.3) is 0 Å². The van der Waals surface area contributed by atoms with Gasteiger partial charge in [-0.05, 0) is 79.7 Å². The molecule has 0 aliphatic heterocycles. The maximum Gasteiger partial charge on any atom is 0.184 e. The Bertz CT molecular complexity index is 808. The summed E-state index contributed by atoms with van der Waals surface area (Å²) in [4.78, 5) is 17.8. The Labute approximate surface area is 160 Å². The van der Waals surface area contributed by atoms with Crippen molar-refractivity contribution in [1.82, 2.24) is 4.98 Å². The van der Waals surface area contributed by atoms with E-state index in [0.29, 0.717) is 24.1 Å². The second-order valence-corrected chi connectivity index (χ2v) is 8.12. The minimum atomic E-state index is 0.0865. The average molecular weight is 369 g/mol. The molecule has 136 valence electrons. The molecule has 2 N–H and O–H groups in total. The third-order valence-electron chi connectivity index (χ3n) is 5.86. The largest absolute Gasteiger partial charge is 0.325 e. The van der Waals surface area contributed by atoms with E-state index < -0.39 is 0 Å². The lowest BCUT2D eigenvalue weighted by molar-refractivity contribution is 0.0877. The molecule has 2 fully saturated rings. The van der Waals surface area contributed by atoms with Crippen LogP contribution in [0.1, 0.15) is 77.7 Å². The molecule has 4 heteroatoms. The molecular formula is C22H25ClN2O. The highest BCUT2D eigenvalue weighted by atomic mass is 35.5. The predicted molar refractivity (Wildman–Crippen MR) is 105 cm³/mol. The summed E-state index contributed by atoms with van der Waals surface area (Å²) < 4.78 is 0. The molecule has 3 nitrogen and oxygen atoms in total. The molecular weight excluding hydrogens is 344 g/mol. The number of hydrogen-bond acceptors (Lipinski definition) is 3. The van der Waals surface area contributed by atoms with Crippen LogP contribution < -0.4 is 5.73 Å². The second kappa shape index (κ2) is 7.50. The number of nitrogens with zero attached hydrogens (tertiary/aromatic N) is 1. The quantitative estimate of drug-likeness (QED) is 0.735. The van der Waals surface area contributed by atoms with Gasteiger partial charge in [-0.25, -0.2) is 4.98 Å². The summed E-state index contributed by atoms with van der Waals surface area (Å²) >= 11 is 6.13. The first-order chi connectivity index (χ1) is 12.7. The van der Waals surface area contributed by atoms with E-state index in [9.17, 15) is 4.79 Å². The van der Waals surface area contributed by atoms with Crippen molar-refractivity contribution in [2.45, 2.75) is 56.9 Å². The van der Waals surface area contributed by atoms with E-state index >= 15 is 0 Å². The van der Waals surface area contributed by atoms with Crippen LogP contribution in [0.3, 0.4) is 0 Å². The van der Waals surface area contributed by atoms with Gasteiger partial charge in [-0.3, -0.25) is 4.79 Å². The van der Waals surface area contributed by atoms with Gasteiger partial charge in [0.1, 0.15) is 5.69 Å². The monoisotopic (exact) mass is 368 g/mol. The maximum absolute atomic E-state index is 13.2. The van der Waals surface area contributed by atoms with Gasteiger partial charge in [-0.2, -0.15) is 0 Å². The molecule has 2 aliphatic rings. The first kappa shape index (κ1) is 17.7. The second-order valence-electron chi connectivity index (χ2n) is 7.69. The third-order valence-corrected chi connectivity index (χ3v) is 6.10. The molecule has 0 atom stereocenters. The molecule has 26 heavy (non-hydrogen) atoms. The lowest BCUT2D eigenvalue weighted by Crippen LogP contribution is -2.23. The average Bonchev–Trinajstić information content (AvgIpc) is 3.52. The molecule has 1 aromatic carbocycles. The van der Waals surface area contributed by atoms with Crippen LogP contribution in [-0.2, 0) is 6.54 Å². The zero-order chi connectivity index (χ0) is 18.1. The first-order valence-corrected chi connectivity index (χ1v) is 10.0. The van der Waals surface area contributed by atoms with Crippen LogP contribution in [0, 0.1) is 5.92 Å². The van der Waals surface area contributed by atoms with Crippen LogP contribution in [0.15, 0.2) is 36.4 Å². The first-order valence-electron chi connectivity index (χ1n) is 9.65. The Morgan fingerprint density at radius 3 is 2.42 bits per heavy atom. The summed E-state index contributed by atoms with van der Waals surface area (Å²) in [6.45, 7) is 0.382. The minimum Gasteiger partial charge on any atom is -0.325 e. The number of benzene rings is 1. The number of nitrogens with two attached hydrogens (primary N) is 1. The van der Waals surface area contributed by atoms with Gasteiger partial charge in [0.2, 0.25) is 0 Å². The fourth-order valence-electron chi connectivity index (χ4n) is 4.19. The van der Waals surface area contributed by atoms with E-state index in [4.69, 9.17) is 17.3 Å². The number of halogens is 1. The highest BCUT2D eigenvalue weighted by Gasteiger charge is 2.33. The van der Waals surface area contributed by atoms with Crippen molar-refractivity contribution in [2.24, 2.45) is 11.7 Å². The normalized spacial score (nSPS) is 23.0. The van der Waals surface area contributed by atoms with Crippen molar-refractivity contribution >= 4 is 17.4 Å². The molecule has 0 bridgehead atoms. The lowest BCUT2D eigenvalue weighted by atomic mass is 9.76. The van der Waals surface area contributed by atoms with E-state index in [2.05, 4.69) is 23.2 Å². The molecule has 2 aromatic rings. The van der Waals surface area contributed by atoms with Gasteiger partial charge in [0.25, 0.3) is 0 Å². The number of carbonyl (C=O) groups excluding carboxylic acids is 1. The number of aromatic nitrogens is 1. The lowest BCUT2D eigenvalue weighted by Gasteiger charge is -2.28.